The molecule has 9 nitrogen and oxygen atoms in total. The molecular formula is C33H27ClN2O7S. The molecular weight excluding hydrogens is 604 g/mol. The molecule has 0 aliphatic rings. The molecule has 2 N–H and O–H groups in total. The molecule has 4 aromatic carbocycles. The van der Waals surface area contributed by atoms with Crippen LogP contribution in [0.5, 0.6) is 5.75 Å². The minimum atomic E-state index is -3.51. The first-order valence-electron chi connectivity index (χ1n) is 13.6. The normalized spacial score (nSPS) is 11.6. The van der Waals surface area contributed by atoms with Crippen LogP contribution in [0.1, 0.15) is 33.8 Å². The zero-order valence-corrected chi connectivity index (χ0v) is 24.8. The Kier molecular flexibility index (Phi) is 9.42. The zero-order valence-electron chi connectivity index (χ0n) is 23.3. The number of fused-ring (bicyclic) bond motifs is 1. The van der Waals surface area contributed by atoms with Gasteiger partial charge in [0.05, 0.1) is 16.3 Å². The molecule has 5 aromatic rings. The fourth-order valence-electron chi connectivity index (χ4n) is 4.43. The van der Waals surface area contributed by atoms with Gasteiger partial charge in [0.25, 0.3) is 5.91 Å². The van der Waals surface area contributed by atoms with E-state index in [9.17, 15) is 18.0 Å². The maximum absolute atomic E-state index is 13.3. The number of rotatable bonds is 12. The fraction of sp³-hybridized carbons (Fsp3) is 0.121. The Morgan fingerprint density at radius 2 is 1.75 bits per heavy atom. The summed E-state index contributed by atoms with van der Waals surface area (Å²) in [6.45, 7) is -0.600. The van der Waals surface area contributed by atoms with Gasteiger partial charge >= 0.3 is 5.97 Å². The van der Waals surface area contributed by atoms with Gasteiger partial charge in [0.15, 0.2) is 22.0 Å². The summed E-state index contributed by atoms with van der Waals surface area (Å²) < 4.78 is 36.5. The highest BCUT2D eigenvalue weighted by Gasteiger charge is 2.16. The standard InChI is InChI=1S/C33H27ClN2O7S/c34-25-12-14-26(15-13-25)44(40,41)18-4-6-23-10-16-29(42-21-32(37)38)28(20-23)36-33(39)24-7-3-5-22(19-24)11-17-31-35-27-8-1-2-9-30(27)43-31/h1-3,5,7-17,19-20H,4,6,18,21H2,(H,36,39)(H,37,38)/b17-11+. The van der Waals surface area contributed by atoms with E-state index in [1.165, 1.54) is 24.3 Å². The number of carbonyl (C=O) groups excluding carboxylic acids is 1. The van der Waals surface area contributed by atoms with E-state index < -0.39 is 28.3 Å². The van der Waals surface area contributed by atoms with Crippen molar-refractivity contribution in [2.24, 2.45) is 0 Å². The summed E-state index contributed by atoms with van der Waals surface area (Å²) in [5.41, 5.74) is 3.51. The number of oxazole rings is 1. The second kappa shape index (κ2) is 13.6. The molecule has 0 atom stereocenters. The predicted molar refractivity (Wildman–Crippen MR) is 169 cm³/mol. The lowest BCUT2D eigenvalue weighted by Gasteiger charge is -2.14. The number of carboxylic acids is 1. The number of benzene rings is 4. The van der Waals surface area contributed by atoms with Crippen molar-refractivity contribution in [1.29, 1.82) is 0 Å². The van der Waals surface area contributed by atoms with Crippen LogP contribution >= 0.6 is 11.6 Å². The number of sulfone groups is 1. The topological polar surface area (TPSA) is 136 Å². The molecule has 0 radical (unpaired) electrons. The van der Waals surface area contributed by atoms with Crippen molar-refractivity contribution in [1.82, 2.24) is 4.98 Å². The van der Waals surface area contributed by atoms with Crippen molar-refractivity contribution in [3.05, 3.63) is 119 Å². The SMILES string of the molecule is O=C(O)COc1ccc(CCCS(=O)(=O)c2ccc(Cl)cc2)cc1NC(=O)c1cccc(/C=C/c2nc3ccccc3o2)c1. The number of amides is 1. The third-order valence-corrected chi connectivity index (χ3v) is 8.64. The monoisotopic (exact) mass is 630 g/mol. The van der Waals surface area contributed by atoms with Crippen molar-refractivity contribution >= 4 is 62.3 Å². The Bertz CT molecular complexity index is 1920. The molecule has 11 heteroatoms. The molecule has 0 aliphatic heterocycles. The number of halogens is 1. The van der Waals surface area contributed by atoms with E-state index in [0.29, 0.717) is 34.9 Å². The molecule has 0 aliphatic carbocycles. The smallest absolute Gasteiger partial charge is 0.341 e. The van der Waals surface area contributed by atoms with Gasteiger partial charge in [-0.3, -0.25) is 4.79 Å². The van der Waals surface area contributed by atoms with Crippen LogP contribution in [-0.4, -0.2) is 42.7 Å². The lowest BCUT2D eigenvalue weighted by atomic mass is 10.1. The van der Waals surface area contributed by atoms with Gasteiger partial charge in [-0.15, -0.1) is 0 Å². The first-order chi connectivity index (χ1) is 21.2. The first-order valence-corrected chi connectivity index (χ1v) is 15.6. The number of nitrogens with zero attached hydrogens (tertiary/aromatic N) is 1. The van der Waals surface area contributed by atoms with Gasteiger partial charge in [-0.2, -0.15) is 0 Å². The van der Waals surface area contributed by atoms with E-state index in [0.717, 1.165) is 16.6 Å². The molecule has 0 unspecified atom stereocenters. The number of anilines is 1. The van der Waals surface area contributed by atoms with Gasteiger partial charge in [0.1, 0.15) is 11.3 Å². The van der Waals surface area contributed by atoms with E-state index in [2.05, 4.69) is 10.3 Å². The van der Waals surface area contributed by atoms with Crippen molar-refractivity contribution in [3.8, 4) is 5.75 Å². The van der Waals surface area contributed by atoms with Crippen molar-refractivity contribution < 1.29 is 32.3 Å². The van der Waals surface area contributed by atoms with E-state index in [1.807, 2.05) is 30.3 Å². The highest BCUT2D eigenvalue weighted by Crippen LogP contribution is 2.28. The number of carbonyl (C=O) groups is 2. The van der Waals surface area contributed by atoms with Crippen molar-refractivity contribution in [2.45, 2.75) is 17.7 Å². The highest BCUT2D eigenvalue weighted by molar-refractivity contribution is 7.91. The largest absolute Gasteiger partial charge is 0.480 e. The van der Waals surface area contributed by atoms with Crippen LogP contribution in [0.3, 0.4) is 0 Å². The maximum Gasteiger partial charge on any atom is 0.341 e. The van der Waals surface area contributed by atoms with Crippen LogP contribution in [-0.2, 0) is 21.1 Å². The molecule has 0 spiro atoms. The molecule has 0 saturated heterocycles. The van der Waals surface area contributed by atoms with Crippen LogP contribution in [0.15, 0.2) is 100 Å². The summed E-state index contributed by atoms with van der Waals surface area (Å²) in [6.07, 6.45) is 4.21. The first kappa shape index (κ1) is 30.5. The molecule has 1 heterocycles. The van der Waals surface area contributed by atoms with Gasteiger partial charge in [-0.1, -0.05) is 41.9 Å². The summed E-state index contributed by atoms with van der Waals surface area (Å²) >= 11 is 5.87. The zero-order chi connectivity index (χ0) is 31.1. The molecule has 224 valence electrons. The molecule has 0 fully saturated rings. The van der Waals surface area contributed by atoms with E-state index >= 15 is 0 Å². The van der Waals surface area contributed by atoms with Gasteiger partial charge in [0.2, 0.25) is 5.89 Å². The molecule has 0 bridgehead atoms. The fourth-order valence-corrected chi connectivity index (χ4v) is 5.87. The van der Waals surface area contributed by atoms with Crippen LogP contribution in [0.25, 0.3) is 23.3 Å². The second-order valence-electron chi connectivity index (χ2n) is 9.82. The number of aliphatic carboxylic acids is 1. The van der Waals surface area contributed by atoms with Crippen molar-refractivity contribution in [3.63, 3.8) is 0 Å². The average Bonchev–Trinajstić information content (AvgIpc) is 3.43. The van der Waals surface area contributed by atoms with Gasteiger partial charge in [-0.25, -0.2) is 18.2 Å². The number of hydrogen-bond acceptors (Lipinski definition) is 7. The maximum atomic E-state index is 13.3. The Labute approximate surface area is 258 Å². The Balaban J connectivity index is 1.29. The predicted octanol–water partition coefficient (Wildman–Crippen LogP) is 6.77. The molecule has 1 amide bonds. The third kappa shape index (κ3) is 7.91. The van der Waals surface area contributed by atoms with Crippen LogP contribution in [0.4, 0.5) is 5.69 Å². The molecule has 1 aromatic heterocycles. The van der Waals surface area contributed by atoms with Crippen molar-refractivity contribution in [2.75, 3.05) is 17.7 Å². The van der Waals surface area contributed by atoms with Gasteiger partial charge < -0.3 is 19.6 Å². The summed E-state index contributed by atoms with van der Waals surface area (Å²) in [6, 6.07) is 25.3. The van der Waals surface area contributed by atoms with Crippen LogP contribution < -0.4 is 10.1 Å². The number of nitrogens with one attached hydrogen (secondary N) is 1. The number of aryl methyl sites for hydroxylation is 1. The number of ether oxygens (including phenoxy) is 1. The molecule has 5 rings (SSSR count). The number of carboxylic acid groups (broad SMARTS) is 1. The molecule has 44 heavy (non-hydrogen) atoms. The molecule has 0 saturated carbocycles. The van der Waals surface area contributed by atoms with E-state index in [4.69, 9.17) is 25.9 Å². The third-order valence-electron chi connectivity index (χ3n) is 6.57. The minimum Gasteiger partial charge on any atom is -0.480 e. The summed E-state index contributed by atoms with van der Waals surface area (Å²) in [4.78, 5) is 29.0. The Morgan fingerprint density at radius 1 is 0.955 bits per heavy atom. The Hall–Kier alpha value is -4.93. The summed E-state index contributed by atoms with van der Waals surface area (Å²) in [5.74, 6) is -1.09. The number of para-hydroxylation sites is 2. The van der Waals surface area contributed by atoms with Gasteiger partial charge in [0, 0.05) is 16.7 Å². The number of aromatic nitrogens is 1. The highest BCUT2D eigenvalue weighted by atomic mass is 35.5. The quantitative estimate of drug-likeness (QED) is 0.154. The summed E-state index contributed by atoms with van der Waals surface area (Å²) in [7, 11) is -3.51. The van der Waals surface area contributed by atoms with E-state index in [1.54, 1.807) is 48.6 Å². The summed E-state index contributed by atoms with van der Waals surface area (Å²) in [5, 5.41) is 12.3. The van der Waals surface area contributed by atoms with Crippen LogP contribution in [0.2, 0.25) is 5.02 Å². The lowest BCUT2D eigenvalue weighted by molar-refractivity contribution is -0.139. The number of hydrogen-bond donors (Lipinski definition) is 2. The second-order valence-corrected chi connectivity index (χ2v) is 12.4. The minimum absolute atomic E-state index is 0.0859. The lowest BCUT2D eigenvalue weighted by Crippen LogP contribution is -2.15. The Morgan fingerprint density at radius 3 is 2.52 bits per heavy atom. The van der Waals surface area contributed by atoms with Gasteiger partial charge in [-0.05, 0) is 90.7 Å². The average molecular weight is 631 g/mol. The van der Waals surface area contributed by atoms with Crippen LogP contribution in [0, 0.1) is 0 Å². The van der Waals surface area contributed by atoms with E-state index in [-0.39, 0.29) is 22.1 Å².